The number of hydrogen-bond acceptors (Lipinski definition) is 2. The minimum absolute atomic E-state index is 0.0160. The highest BCUT2D eigenvalue weighted by atomic mass is 16.3. The maximum absolute atomic E-state index is 9.75. The van der Waals surface area contributed by atoms with Crippen molar-refractivity contribution in [2.24, 2.45) is 5.73 Å². The van der Waals surface area contributed by atoms with Crippen molar-refractivity contribution in [1.82, 2.24) is 0 Å². The van der Waals surface area contributed by atoms with Crippen molar-refractivity contribution in [3.05, 3.63) is 35.4 Å². The second kappa shape index (κ2) is 3.48. The molecule has 0 aromatic heterocycles. The van der Waals surface area contributed by atoms with Crippen LogP contribution in [0.3, 0.4) is 0 Å². The molecule has 0 spiro atoms. The van der Waals surface area contributed by atoms with Gasteiger partial charge in [-0.3, -0.25) is 0 Å². The van der Waals surface area contributed by atoms with Gasteiger partial charge in [-0.15, -0.1) is 0 Å². The fraction of sp³-hybridized carbons (Fsp3) is 0.455. The van der Waals surface area contributed by atoms with Crippen LogP contribution in [0.2, 0.25) is 0 Å². The van der Waals surface area contributed by atoms with Crippen molar-refractivity contribution in [3.63, 3.8) is 0 Å². The van der Waals surface area contributed by atoms with Crippen molar-refractivity contribution in [3.8, 4) is 0 Å². The smallest absolute Gasteiger partial charge is 0.0840 e. The second-order valence-corrected chi connectivity index (χ2v) is 3.97. The summed E-state index contributed by atoms with van der Waals surface area (Å²) in [5.74, 6) is 0. The summed E-state index contributed by atoms with van der Waals surface area (Å²) < 4.78 is 0. The van der Waals surface area contributed by atoms with Gasteiger partial charge in [0.25, 0.3) is 0 Å². The Morgan fingerprint density at radius 1 is 1.38 bits per heavy atom. The van der Waals surface area contributed by atoms with E-state index in [0.29, 0.717) is 0 Å². The lowest BCUT2D eigenvalue weighted by Gasteiger charge is -2.19. The highest BCUT2D eigenvalue weighted by Crippen LogP contribution is 2.22. The molecule has 0 saturated heterocycles. The van der Waals surface area contributed by atoms with Gasteiger partial charge in [0.1, 0.15) is 0 Å². The minimum atomic E-state index is -0.787. The van der Waals surface area contributed by atoms with Crippen LogP contribution in [0, 0.1) is 0 Å². The fourth-order valence-electron chi connectivity index (χ4n) is 1.20. The van der Waals surface area contributed by atoms with Gasteiger partial charge in [0.15, 0.2) is 0 Å². The average Bonchev–Trinajstić information content (AvgIpc) is 2.03. The first-order chi connectivity index (χ1) is 5.91. The van der Waals surface area contributed by atoms with Crippen LogP contribution in [0.25, 0.3) is 0 Å². The molecule has 2 nitrogen and oxygen atoms in total. The summed E-state index contributed by atoms with van der Waals surface area (Å²) in [7, 11) is 0. The highest BCUT2D eigenvalue weighted by Gasteiger charge is 2.16. The number of rotatable bonds is 2. The molecule has 13 heavy (non-hydrogen) atoms. The minimum Gasteiger partial charge on any atom is -0.386 e. The summed E-state index contributed by atoms with van der Waals surface area (Å²) in [6.45, 7) is 5.48. The van der Waals surface area contributed by atoms with Gasteiger partial charge < -0.3 is 10.8 Å². The van der Waals surface area contributed by atoms with Crippen molar-refractivity contribution in [2.45, 2.75) is 32.4 Å². The maximum atomic E-state index is 9.75. The predicted molar refractivity (Wildman–Crippen MR) is 54.3 cm³/mol. The zero-order valence-electron chi connectivity index (χ0n) is 8.41. The molecule has 3 N–H and O–H groups in total. The van der Waals surface area contributed by atoms with E-state index in [4.69, 9.17) is 5.73 Å². The third-order valence-electron chi connectivity index (χ3n) is 2.12. The van der Waals surface area contributed by atoms with Gasteiger partial charge in [0.2, 0.25) is 0 Å². The third kappa shape index (κ3) is 2.54. The average molecular weight is 179 g/mol. The Morgan fingerprint density at radius 2 is 2.00 bits per heavy atom. The number of aliphatic hydroxyl groups is 1. The van der Waals surface area contributed by atoms with Gasteiger partial charge in [-0.1, -0.05) is 24.3 Å². The van der Waals surface area contributed by atoms with Crippen LogP contribution in [-0.4, -0.2) is 5.11 Å². The molecular weight excluding hydrogens is 162 g/mol. The number of nitrogens with two attached hydrogens (primary N) is 1. The zero-order valence-corrected chi connectivity index (χ0v) is 8.41. The van der Waals surface area contributed by atoms with Crippen molar-refractivity contribution >= 4 is 0 Å². The van der Waals surface area contributed by atoms with E-state index in [1.165, 1.54) is 0 Å². The number of benzene rings is 1. The largest absolute Gasteiger partial charge is 0.386 e. The first-order valence-corrected chi connectivity index (χ1v) is 4.49. The zero-order chi connectivity index (χ0) is 10.1. The summed E-state index contributed by atoms with van der Waals surface area (Å²) in [6, 6.07) is 7.77. The van der Waals surface area contributed by atoms with Gasteiger partial charge in [-0.25, -0.2) is 0 Å². The Bertz CT molecular complexity index is 286. The standard InChI is InChI=1S/C11H17NO/c1-8(12)9-5-4-6-10(7-9)11(2,3)13/h4-8,13H,12H2,1-3H3. The summed E-state index contributed by atoms with van der Waals surface area (Å²) in [4.78, 5) is 0. The Balaban J connectivity index is 3.06. The van der Waals surface area contributed by atoms with Gasteiger partial charge in [-0.2, -0.15) is 0 Å². The van der Waals surface area contributed by atoms with Crippen molar-refractivity contribution in [1.29, 1.82) is 0 Å². The molecular formula is C11H17NO. The van der Waals surface area contributed by atoms with E-state index in [-0.39, 0.29) is 6.04 Å². The summed E-state index contributed by atoms with van der Waals surface area (Å²) >= 11 is 0. The lowest BCUT2D eigenvalue weighted by molar-refractivity contribution is 0.0785. The molecule has 0 aliphatic rings. The molecule has 0 fully saturated rings. The van der Waals surface area contributed by atoms with E-state index in [9.17, 15) is 5.11 Å². The van der Waals surface area contributed by atoms with Crippen molar-refractivity contribution in [2.75, 3.05) is 0 Å². The van der Waals surface area contributed by atoms with Crippen LogP contribution < -0.4 is 5.73 Å². The van der Waals surface area contributed by atoms with E-state index < -0.39 is 5.60 Å². The predicted octanol–water partition coefficient (Wildman–Crippen LogP) is 1.93. The van der Waals surface area contributed by atoms with Crippen LogP contribution in [0.15, 0.2) is 24.3 Å². The Kier molecular flexibility index (Phi) is 2.74. The van der Waals surface area contributed by atoms with Gasteiger partial charge in [0, 0.05) is 6.04 Å². The Labute approximate surface area is 79.4 Å². The van der Waals surface area contributed by atoms with E-state index in [1.807, 2.05) is 31.2 Å². The van der Waals surface area contributed by atoms with Crippen molar-refractivity contribution < 1.29 is 5.11 Å². The van der Waals surface area contributed by atoms with E-state index >= 15 is 0 Å². The molecule has 1 aromatic carbocycles. The maximum Gasteiger partial charge on any atom is 0.0840 e. The summed E-state index contributed by atoms with van der Waals surface area (Å²) in [5, 5.41) is 9.75. The van der Waals surface area contributed by atoms with Crippen LogP contribution in [0.5, 0.6) is 0 Å². The molecule has 1 rings (SSSR count). The molecule has 1 unspecified atom stereocenters. The molecule has 2 heteroatoms. The van der Waals surface area contributed by atoms with Gasteiger partial charge in [-0.05, 0) is 31.9 Å². The summed E-state index contributed by atoms with van der Waals surface area (Å²) in [6.07, 6.45) is 0. The van der Waals surface area contributed by atoms with Crippen LogP contribution >= 0.6 is 0 Å². The van der Waals surface area contributed by atoms with Crippen LogP contribution in [-0.2, 0) is 5.60 Å². The summed E-state index contributed by atoms with van der Waals surface area (Å²) in [5.41, 5.74) is 6.92. The molecule has 1 atom stereocenters. The van der Waals surface area contributed by atoms with E-state index in [0.717, 1.165) is 11.1 Å². The van der Waals surface area contributed by atoms with E-state index in [2.05, 4.69) is 0 Å². The lowest BCUT2D eigenvalue weighted by Crippen LogP contribution is -2.16. The third-order valence-corrected chi connectivity index (χ3v) is 2.12. The molecule has 0 amide bonds. The number of hydrogen-bond donors (Lipinski definition) is 2. The molecule has 0 radical (unpaired) electrons. The SMILES string of the molecule is CC(N)c1cccc(C(C)(C)O)c1. The topological polar surface area (TPSA) is 46.2 Å². The van der Waals surface area contributed by atoms with Crippen LogP contribution in [0.1, 0.15) is 37.9 Å². The van der Waals surface area contributed by atoms with Gasteiger partial charge >= 0.3 is 0 Å². The molecule has 0 saturated carbocycles. The fourth-order valence-corrected chi connectivity index (χ4v) is 1.20. The molecule has 1 aromatic rings. The molecule has 0 aliphatic heterocycles. The van der Waals surface area contributed by atoms with Crippen LogP contribution in [0.4, 0.5) is 0 Å². The molecule has 0 heterocycles. The molecule has 0 bridgehead atoms. The first kappa shape index (κ1) is 10.2. The Morgan fingerprint density at radius 3 is 2.46 bits per heavy atom. The monoisotopic (exact) mass is 179 g/mol. The lowest BCUT2D eigenvalue weighted by atomic mass is 9.95. The quantitative estimate of drug-likeness (QED) is 0.728. The first-order valence-electron chi connectivity index (χ1n) is 4.49. The highest BCUT2D eigenvalue weighted by molar-refractivity contribution is 5.28. The Hall–Kier alpha value is -0.860. The second-order valence-electron chi connectivity index (χ2n) is 3.97. The van der Waals surface area contributed by atoms with Gasteiger partial charge in [0.05, 0.1) is 5.60 Å². The van der Waals surface area contributed by atoms with E-state index in [1.54, 1.807) is 13.8 Å². The molecule has 0 aliphatic carbocycles. The normalized spacial score (nSPS) is 14.2. The molecule has 72 valence electrons.